The van der Waals surface area contributed by atoms with Crippen LogP contribution < -0.4 is 5.63 Å². The summed E-state index contributed by atoms with van der Waals surface area (Å²) in [5.41, 5.74) is -1.42. The third-order valence-corrected chi connectivity index (χ3v) is 14.1. The Morgan fingerprint density at radius 1 is 0.840 bits per heavy atom. The summed E-state index contributed by atoms with van der Waals surface area (Å²) < 4.78 is 28.7. The van der Waals surface area contributed by atoms with Gasteiger partial charge < -0.3 is 64.2 Å². The third-order valence-electron chi connectivity index (χ3n) is 14.1. The minimum absolute atomic E-state index is 0.00969. The van der Waals surface area contributed by atoms with Crippen LogP contribution in [0.3, 0.4) is 0 Å². The Hall–Kier alpha value is -1.53. The summed E-state index contributed by atoms with van der Waals surface area (Å²) >= 11 is 0. The van der Waals surface area contributed by atoms with Gasteiger partial charge in [-0.15, -0.1) is 0 Å². The first-order valence-corrected chi connectivity index (χ1v) is 18.2. The van der Waals surface area contributed by atoms with E-state index in [-0.39, 0.29) is 35.7 Å². The molecule has 3 heterocycles. The predicted octanol–water partition coefficient (Wildman–Crippen LogP) is -0.111. The lowest BCUT2D eigenvalue weighted by Crippen LogP contribution is -2.64. The fourth-order valence-corrected chi connectivity index (χ4v) is 11.3. The van der Waals surface area contributed by atoms with Gasteiger partial charge in [0.25, 0.3) is 0 Å². The molecule has 2 aliphatic heterocycles. The monoisotopic (exact) mass is 710 g/mol. The molecule has 6 fully saturated rings. The number of aliphatic hydroxyl groups excluding tert-OH is 7. The summed E-state index contributed by atoms with van der Waals surface area (Å²) in [5.74, 6) is 0.217. The van der Waals surface area contributed by atoms with Crippen LogP contribution in [0, 0.1) is 28.6 Å². The molecule has 0 spiro atoms. The van der Waals surface area contributed by atoms with E-state index in [1.807, 2.05) is 0 Å². The van der Waals surface area contributed by atoms with Crippen molar-refractivity contribution < 1.29 is 64.2 Å². The molecule has 4 saturated carbocycles. The number of aliphatic hydroxyl groups is 8. The molecule has 2 saturated heterocycles. The topological polar surface area (TPSA) is 229 Å². The molecule has 1 aromatic heterocycles. The molecule has 4 aliphatic carbocycles. The van der Waals surface area contributed by atoms with Crippen molar-refractivity contribution in [2.24, 2.45) is 28.6 Å². The van der Waals surface area contributed by atoms with Crippen molar-refractivity contribution in [3.8, 4) is 0 Å². The van der Waals surface area contributed by atoms with Crippen molar-refractivity contribution in [3.63, 3.8) is 0 Å². The summed E-state index contributed by atoms with van der Waals surface area (Å²) in [6, 6.07) is 3.08. The average Bonchev–Trinajstić information content (AvgIpc) is 3.30. The number of rotatable bonds is 6. The van der Waals surface area contributed by atoms with Crippen molar-refractivity contribution >= 4 is 0 Å². The first-order chi connectivity index (χ1) is 23.6. The SMILES string of the molecule is C[C@@H]1O[C@@H](O[C@H]2CC[C@@]3(C)[C@H](CC[C@@H]4[C@@H]3CC[C@]3(C)[C@@H](c5ccc(=O)oc5)[C@@H](O)C[C@]43O)C2)[C@H](O)[C@H](O)[C@H]1O[C@@H]1O[C@H](CO)[C@@H](O)[C@H](O)[C@H]1O. The highest BCUT2D eigenvalue weighted by Gasteiger charge is 2.69. The van der Waals surface area contributed by atoms with E-state index in [0.29, 0.717) is 12.3 Å². The van der Waals surface area contributed by atoms with Crippen LogP contribution in [-0.2, 0) is 18.9 Å². The first kappa shape index (κ1) is 36.8. The van der Waals surface area contributed by atoms with Crippen molar-refractivity contribution in [3.05, 3.63) is 34.4 Å². The van der Waals surface area contributed by atoms with Crippen LogP contribution in [0.25, 0.3) is 0 Å². The minimum atomic E-state index is -1.67. The van der Waals surface area contributed by atoms with Crippen molar-refractivity contribution in [1.82, 2.24) is 0 Å². The van der Waals surface area contributed by atoms with Gasteiger partial charge in [-0.3, -0.25) is 0 Å². The van der Waals surface area contributed by atoms with Crippen LogP contribution >= 0.6 is 0 Å². The van der Waals surface area contributed by atoms with Crippen LogP contribution in [0.5, 0.6) is 0 Å². The van der Waals surface area contributed by atoms with E-state index in [1.54, 1.807) is 13.0 Å². The molecule has 14 nitrogen and oxygen atoms in total. The Bertz CT molecular complexity index is 1400. The normalized spacial score (nSPS) is 53.7. The average molecular weight is 711 g/mol. The maximum atomic E-state index is 12.6. The standard InChI is InChI=1S/C36H54O14/c1-16-31(50-33-29(43)27(41)26(40)23(14-37)49-33)28(42)30(44)32(47-16)48-19-8-10-34(2)18(12-19)5-6-21-20(34)9-11-35(3)25(22(38)13-36(21,35)45)17-4-7-24(39)46-15-17/h4,7,15-16,18-23,25-33,37-38,40-45H,5-6,8-14H2,1-3H3/t16-,18+,19-,20-,21+,22-,23+,25-,26+,27-,28-,29+,30+,31-,32-,33-,34-,35+,36-/m0/s1. The molecular formula is C36H54O14. The molecule has 14 heteroatoms. The molecule has 1 aromatic rings. The highest BCUT2D eigenvalue weighted by molar-refractivity contribution is 5.29. The van der Waals surface area contributed by atoms with Crippen LogP contribution in [0.1, 0.15) is 83.6 Å². The Morgan fingerprint density at radius 3 is 2.26 bits per heavy atom. The van der Waals surface area contributed by atoms with Gasteiger partial charge in [-0.1, -0.05) is 13.8 Å². The first-order valence-electron chi connectivity index (χ1n) is 18.2. The summed E-state index contributed by atoms with van der Waals surface area (Å²) in [4.78, 5) is 11.7. The van der Waals surface area contributed by atoms with E-state index in [4.69, 9.17) is 23.4 Å². The molecule has 0 aromatic carbocycles. The zero-order valence-electron chi connectivity index (χ0n) is 28.9. The summed E-state index contributed by atoms with van der Waals surface area (Å²) in [6.45, 7) is 5.40. The van der Waals surface area contributed by atoms with Gasteiger partial charge in [0, 0.05) is 23.8 Å². The van der Waals surface area contributed by atoms with Gasteiger partial charge >= 0.3 is 5.63 Å². The van der Waals surface area contributed by atoms with E-state index in [1.165, 1.54) is 12.3 Å². The Labute approximate surface area is 290 Å². The maximum absolute atomic E-state index is 12.6. The predicted molar refractivity (Wildman–Crippen MR) is 172 cm³/mol. The zero-order chi connectivity index (χ0) is 35.9. The van der Waals surface area contributed by atoms with Crippen LogP contribution in [0.4, 0.5) is 0 Å². The van der Waals surface area contributed by atoms with E-state index in [0.717, 1.165) is 44.1 Å². The lowest BCUT2D eigenvalue weighted by Gasteiger charge is -2.63. The maximum Gasteiger partial charge on any atom is 0.335 e. The fourth-order valence-electron chi connectivity index (χ4n) is 11.3. The van der Waals surface area contributed by atoms with Crippen molar-refractivity contribution in [2.75, 3.05) is 6.61 Å². The fraction of sp³-hybridized carbons (Fsp3) is 0.861. The molecule has 0 bridgehead atoms. The molecule has 0 radical (unpaired) electrons. The number of fused-ring (bicyclic) bond motifs is 5. The van der Waals surface area contributed by atoms with E-state index < -0.39 is 90.8 Å². The molecule has 282 valence electrons. The second-order valence-electron chi connectivity index (χ2n) is 16.5. The van der Waals surface area contributed by atoms with Crippen molar-refractivity contribution in [1.29, 1.82) is 0 Å². The quantitative estimate of drug-likeness (QED) is 0.180. The molecule has 7 rings (SSSR count). The smallest absolute Gasteiger partial charge is 0.335 e. The number of hydrogen-bond acceptors (Lipinski definition) is 14. The highest BCUT2D eigenvalue weighted by atomic mass is 16.7. The number of ether oxygens (including phenoxy) is 4. The lowest BCUT2D eigenvalue weighted by atomic mass is 9.43. The Kier molecular flexibility index (Phi) is 9.86. The van der Waals surface area contributed by atoms with Crippen LogP contribution in [0.15, 0.2) is 27.6 Å². The van der Waals surface area contributed by atoms with Gasteiger partial charge in [-0.25, -0.2) is 4.79 Å². The largest absolute Gasteiger partial charge is 0.431 e. The molecule has 0 unspecified atom stereocenters. The second kappa shape index (κ2) is 13.4. The Balaban J connectivity index is 0.994. The summed E-state index contributed by atoms with van der Waals surface area (Å²) in [6.07, 6.45) is -7.38. The van der Waals surface area contributed by atoms with Crippen LogP contribution in [-0.4, -0.2) is 127 Å². The van der Waals surface area contributed by atoms with Crippen molar-refractivity contribution in [2.45, 2.75) is 157 Å². The summed E-state index contributed by atoms with van der Waals surface area (Å²) in [5, 5.41) is 86.2. The van der Waals surface area contributed by atoms with Gasteiger partial charge in [-0.2, -0.15) is 0 Å². The lowest BCUT2D eigenvalue weighted by molar-refractivity contribution is -0.360. The van der Waals surface area contributed by atoms with Gasteiger partial charge in [0.05, 0.1) is 36.8 Å². The highest BCUT2D eigenvalue weighted by Crippen LogP contribution is 2.70. The Morgan fingerprint density at radius 2 is 1.56 bits per heavy atom. The van der Waals surface area contributed by atoms with E-state index in [9.17, 15) is 45.6 Å². The van der Waals surface area contributed by atoms with Gasteiger partial charge in [0.1, 0.15) is 42.7 Å². The van der Waals surface area contributed by atoms with Gasteiger partial charge in [0.2, 0.25) is 0 Å². The second-order valence-corrected chi connectivity index (χ2v) is 16.5. The molecule has 6 aliphatic rings. The summed E-state index contributed by atoms with van der Waals surface area (Å²) in [7, 11) is 0. The molecule has 50 heavy (non-hydrogen) atoms. The molecule has 0 amide bonds. The van der Waals surface area contributed by atoms with Gasteiger partial charge in [-0.05, 0) is 86.7 Å². The minimum Gasteiger partial charge on any atom is -0.431 e. The molecule has 8 N–H and O–H groups in total. The number of hydrogen-bond donors (Lipinski definition) is 8. The molecular weight excluding hydrogens is 656 g/mol. The zero-order valence-corrected chi connectivity index (χ0v) is 28.9. The van der Waals surface area contributed by atoms with Crippen LogP contribution in [0.2, 0.25) is 0 Å². The van der Waals surface area contributed by atoms with Gasteiger partial charge in [0.15, 0.2) is 12.6 Å². The van der Waals surface area contributed by atoms with E-state index in [2.05, 4.69) is 13.8 Å². The van der Waals surface area contributed by atoms with E-state index >= 15 is 0 Å². The third kappa shape index (κ3) is 5.73. The molecule has 19 atom stereocenters.